The molecule has 0 bridgehead atoms. The lowest BCUT2D eigenvalue weighted by Gasteiger charge is -2.11. The molecule has 0 spiro atoms. The fraction of sp³-hybridized carbons (Fsp3) is 0.222. The minimum absolute atomic E-state index is 0.0695. The van der Waals surface area contributed by atoms with Gasteiger partial charge in [0, 0.05) is 29.4 Å². The Morgan fingerprint density at radius 1 is 1.17 bits per heavy atom. The van der Waals surface area contributed by atoms with Crippen LogP contribution in [0.25, 0.3) is 16.9 Å². The Morgan fingerprint density at radius 2 is 1.87 bits per heavy atom. The van der Waals surface area contributed by atoms with Gasteiger partial charge in [0.05, 0.1) is 17.8 Å². The maximum Gasteiger partial charge on any atom is 0.228 e. The molecular formula is C18H18IN3O. The average Bonchev–Trinajstić information content (AvgIpc) is 2.86. The van der Waals surface area contributed by atoms with Crippen molar-refractivity contribution >= 4 is 34.1 Å². The van der Waals surface area contributed by atoms with Gasteiger partial charge in [0.1, 0.15) is 5.65 Å². The summed E-state index contributed by atoms with van der Waals surface area (Å²) < 4.78 is 3.21. The molecule has 1 aromatic carbocycles. The molecule has 3 rings (SSSR count). The van der Waals surface area contributed by atoms with Crippen LogP contribution in [0.3, 0.4) is 0 Å². The molecule has 0 aliphatic carbocycles. The molecule has 2 heterocycles. The summed E-state index contributed by atoms with van der Waals surface area (Å²) in [7, 11) is 3.56. The molecule has 0 atom stereocenters. The Labute approximate surface area is 149 Å². The van der Waals surface area contributed by atoms with Crippen LogP contribution >= 0.6 is 22.6 Å². The van der Waals surface area contributed by atoms with Gasteiger partial charge in [-0.25, -0.2) is 4.98 Å². The number of carbonyl (C=O) groups is 1. The van der Waals surface area contributed by atoms with Crippen LogP contribution in [0.4, 0.5) is 0 Å². The van der Waals surface area contributed by atoms with Gasteiger partial charge in [-0.05, 0) is 53.3 Å². The molecule has 118 valence electrons. The molecule has 0 fully saturated rings. The third-order valence-electron chi connectivity index (χ3n) is 3.80. The number of hydrogen-bond acceptors (Lipinski definition) is 2. The van der Waals surface area contributed by atoms with E-state index >= 15 is 0 Å². The number of fused-ring (bicyclic) bond motifs is 1. The van der Waals surface area contributed by atoms with E-state index in [2.05, 4.69) is 46.9 Å². The van der Waals surface area contributed by atoms with Crippen molar-refractivity contribution in [3.63, 3.8) is 0 Å². The summed E-state index contributed by atoms with van der Waals surface area (Å²) in [5, 5.41) is 0. The lowest BCUT2D eigenvalue weighted by atomic mass is 10.1. The summed E-state index contributed by atoms with van der Waals surface area (Å²) in [5.74, 6) is 0.0695. The summed E-state index contributed by atoms with van der Waals surface area (Å²) in [6.45, 7) is 2.04. The maximum absolute atomic E-state index is 12.3. The number of nitrogens with zero attached hydrogens (tertiary/aromatic N) is 3. The Kier molecular flexibility index (Phi) is 4.39. The molecule has 3 aromatic rings. The van der Waals surface area contributed by atoms with Crippen molar-refractivity contribution in [1.82, 2.24) is 14.3 Å². The summed E-state index contributed by atoms with van der Waals surface area (Å²) in [6, 6.07) is 12.3. The van der Waals surface area contributed by atoms with Gasteiger partial charge in [-0.3, -0.25) is 4.79 Å². The molecule has 0 aliphatic rings. The van der Waals surface area contributed by atoms with Crippen molar-refractivity contribution in [1.29, 1.82) is 0 Å². The number of rotatable bonds is 3. The van der Waals surface area contributed by atoms with E-state index in [-0.39, 0.29) is 5.91 Å². The SMILES string of the molecule is Cc1ccc2nc(-c3ccc([123I])cc3)c(CC(=O)N(C)C)n2c1. The molecule has 4 nitrogen and oxygen atoms in total. The highest BCUT2D eigenvalue weighted by molar-refractivity contribution is 14.1. The lowest BCUT2D eigenvalue weighted by molar-refractivity contribution is -0.128. The number of imidazole rings is 1. The van der Waals surface area contributed by atoms with E-state index in [0.29, 0.717) is 6.42 Å². The first-order valence-electron chi connectivity index (χ1n) is 7.39. The van der Waals surface area contributed by atoms with Gasteiger partial charge in [-0.15, -0.1) is 0 Å². The predicted octanol–water partition coefficient (Wildman–Crippen LogP) is 3.55. The zero-order valence-corrected chi connectivity index (χ0v) is 15.5. The molecule has 0 aliphatic heterocycles. The molecule has 0 N–H and O–H groups in total. The smallest absolute Gasteiger partial charge is 0.228 e. The third kappa shape index (κ3) is 3.24. The number of halogens is 1. The molecule has 0 unspecified atom stereocenters. The van der Waals surface area contributed by atoms with Gasteiger partial charge in [0.2, 0.25) is 5.91 Å². The van der Waals surface area contributed by atoms with Crippen LogP contribution in [0.15, 0.2) is 42.6 Å². The largest absolute Gasteiger partial charge is 0.348 e. The summed E-state index contributed by atoms with van der Waals surface area (Å²) in [4.78, 5) is 18.6. The highest BCUT2D eigenvalue weighted by atomic mass is 123. The number of amides is 1. The Bertz CT molecular complexity index is 866. The normalized spacial score (nSPS) is 11.0. The Balaban J connectivity index is 2.19. The number of likely N-dealkylation sites (N-methyl/N-ethyl adjacent to an activating group) is 1. The second-order valence-electron chi connectivity index (χ2n) is 5.81. The van der Waals surface area contributed by atoms with Crippen molar-refractivity contribution in [3.8, 4) is 11.3 Å². The quantitative estimate of drug-likeness (QED) is 0.614. The molecule has 1 amide bonds. The van der Waals surface area contributed by atoms with E-state index in [1.807, 2.05) is 29.7 Å². The number of aryl methyl sites for hydroxylation is 1. The van der Waals surface area contributed by atoms with E-state index in [4.69, 9.17) is 4.98 Å². The van der Waals surface area contributed by atoms with Crippen molar-refractivity contribution < 1.29 is 4.79 Å². The lowest BCUT2D eigenvalue weighted by Crippen LogP contribution is -2.24. The second-order valence-corrected chi connectivity index (χ2v) is 7.06. The van der Waals surface area contributed by atoms with E-state index in [1.54, 1.807) is 19.0 Å². The van der Waals surface area contributed by atoms with E-state index in [9.17, 15) is 4.79 Å². The molecule has 0 radical (unpaired) electrons. The predicted molar refractivity (Wildman–Crippen MR) is 100 cm³/mol. The van der Waals surface area contributed by atoms with Crippen LogP contribution in [-0.4, -0.2) is 34.3 Å². The molecule has 5 heteroatoms. The number of benzene rings is 1. The van der Waals surface area contributed by atoms with E-state index in [0.717, 1.165) is 28.2 Å². The van der Waals surface area contributed by atoms with Crippen LogP contribution < -0.4 is 0 Å². The minimum Gasteiger partial charge on any atom is -0.348 e. The highest BCUT2D eigenvalue weighted by Gasteiger charge is 2.18. The van der Waals surface area contributed by atoms with Crippen LogP contribution in [0.2, 0.25) is 0 Å². The number of carbonyl (C=O) groups excluding carboxylic acids is 1. The topological polar surface area (TPSA) is 37.6 Å². The molecular weight excluding hydrogens is 397 g/mol. The first-order chi connectivity index (χ1) is 11.0. The molecule has 0 saturated heterocycles. The van der Waals surface area contributed by atoms with Crippen LogP contribution in [0, 0.1) is 10.5 Å². The maximum atomic E-state index is 12.3. The second kappa shape index (κ2) is 6.31. The summed E-state index contributed by atoms with van der Waals surface area (Å²) in [6.07, 6.45) is 2.37. The monoisotopic (exact) mass is 415 g/mol. The number of hydrogen-bond donors (Lipinski definition) is 0. The van der Waals surface area contributed by atoms with Crippen molar-refractivity contribution in [2.24, 2.45) is 0 Å². The standard InChI is InChI=1S/C18H18IN3O/c1-12-4-9-16-20-18(13-5-7-14(19)8-6-13)15(22(16)11-12)10-17(23)21(2)3/h4-9,11H,10H2,1-3H3/i19-4. The molecule has 0 saturated carbocycles. The number of aromatic nitrogens is 2. The average molecular weight is 415 g/mol. The van der Waals surface area contributed by atoms with Gasteiger partial charge in [0.25, 0.3) is 0 Å². The van der Waals surface area contributed by atoms with Crippen molar-refractivity contribution in [2.75, 3.05) is 14.1 Å². The van der Waals surface area contributed by atoms with E-state index < -0.39 is 0 Å². The van der Waals surface area contributed by atoms with Gasteiger partial charge < -0.3 is 9.30 Å². The molecule has 2 aromatic heterocycles. The van der Waals surface area contributed by atoms with Crippen LogP contribution in [0.1, 0.15) is 11.3 Å². The minimum atomic E-state index is 0.0695. The van der Waals surface area contributed by atoms with Gasteiger partial charge in [-0.2, -0.15) is 0 Å². The Morgan fingerprint density at radius 3 is 2.52 bits per heavy atom. The van der Waals surface area contributed by atoms with Crippen LogP contribution in [0.5, 0.6) is 0 Å². The zero-order valence-electron chi connectivity index (χ0n) is 13.4. The number of pyridine rings is 1. The van der Waals surface area contributed by atoms with E-state index in [1.165, 1.54) is 3.57 Å². The zero-order chi connectivity index (χ0) is 16.6. The Hall–Kier alpha value is -1.89. The fourth-order valence-corrected chi connectivity index (χ4v) is 2.87. The van der Waals surface area contributed by atoms with Crippen molar-refractivity contribution in [2.45, 2.75) is 13.3 Å². The fourth-order valence-electron chi connectivity index (χ4n) is 2.51. The first-order valence-corrected chi connectivity index (χ1v) is 8.47. The van der Waals surface area contributed by atoms with Crippen molar-refractivity contribution in [3.05, 3.63) is 57.4 Å². The summed E-state index contributed by atoms with van der Waals surface area (Å²) >= 11 is 2.29. The summed E-state index contributed by atoms with van der Waals surface area (Å²) in [5.41, 5.74) is 4.85. The van der Waals surface area contributed by atoms with Gasteiger partial charge in [-0.1, -0.05) is 18.2 Å². The third-order valence-corrected chi connectivity index (χ3v) is 4.52. The molecule has 23 heavy (non-hydrogen) atoms. The first kappa shape index (κ1) is 16.0. The van der Waals surface area contributed by atoms with Gasteiger partial charge in [0.15, 0.2) is 0 Å². The van der Waals surface area contributed by atoms with Gasteiger partial charge >= 0.3 is 0 Å². The highest BCUT2D eigenvalue weighted by Crippen LogP contribution is 2.26. The van der Waals surface area contributed by atoms with Crippen LogP contribution in [-0.2, 0) is 11.2 Å².